The van der Waals surface area contributed by atoms with Gasteiger partial charge in [0.1, 0.15) is 0 Å². The third-order valence-electron chi connectivity index (χ3n) is 7.29. The van der Waals surface area contributed by atoms with E-state index in [1.54, 1.807) is 24.3 Å². The van der Waals surface area contributed by atoms with Crippen LogP contribution in [-0.4, -0.2) is 22.7 Å². The highest BCUT2D eigenvalue weighted by Gasteiger charge is 2.66. The van der Waals surface area contributed by atoms with Crippen molar-refractivity contribution in [1.29, 1.82) is 0 Å². The minimum absolute atomic E-state index is 0.200. The van der Waals surface area contributed by atoms with Gasteiger partial charge in [-0.05, 0) is 34.4 Å². The summed E-state index contributed by atoms with van der Waals surface area (Å²) in [5.74, 6) is -2.41. The smallest absolute Gasteiger partial charge is 0.270 e. The zero-order valence-electron chi connectivity index (χ0n) is 16.9. The Morgan fingerprint density at radius 3 is 1.97 bits per heavy atom. The molecule has 3 aromatic carbocycles. The summed E-state index contributed by atoms with van der Waals surface area (Å²) in [6.45, 7) is 2.06. The number of hydrazine groups is 1. The van der Waals surface area contributed by atoms with Gasteiger partial charge >= 0.3 is 0 Å². The fraction of sp³-hybridized carbons (Fsp3) is 0.192. The van der Waals surface area contributed by atoms with Crippen LogP contribution in [0.2, 0.25) is 0 Å². The Bertz CT molecular complexity index is 1220. The second-order valence-corrected chi connectivity index (χ2v) is 8.68. The highest BCUT2D eigenvalue weighted by atomic mass is 16.2. The van der Waals surface area contributed by atoms with Crippen LogP contribution in [0.4, 0.5) is 0 Å². The summed E-state index contributed by atoms with van der Waals surface area (Å²) in [7, 11) is 0. The Kier molecular flexibility index (Phi) is 3.58. The van der Waals surface area contributed by atoms with Crippen LogP contribution in [0.3, 0.4) is 0 Å². The Morgan fingerprint density at radius 1 is 0.806 bits per heavy atom. The molecule has 7 rings (SSSR count). The summed E-state index contributed by atoms with van der Waals surface area (Å²) >= 11 is 0. The van der Waals surface area contributed by atoms with Crippen molar-refractivity contribution in [2.75, 3.05) is 0 Å². The molecule has 0 aromatic heterocycles. The molecule has 5 heteroatoms. The van der Waals surface area contributed by atoms with Crippen molar-refractivity contribution in [3.05, 3.63) is 107 Å². The first kappa shape index (κ1) is 18.1. The van der Waals surface area contributed by atoms with Crippen LogP contribution in [-0.2, 0) is 15.0 Å². The number of amides is 3. The fourth-order valence-corrected chi connectivity index (χ4v) is 6.02. The fourth-order valence-electron chi connectivity index (χ4n) is 6.02. The minimum Gasteiger partial charge on any atom is -0.272 e. The van der Waals surface area contributed by atoms with Gasteiger partial charge in [-0.25, -0.2) is 0 Å². The average molecular weight is 408 g/mol. The summed E-state index contributed by atoms with van der Waals surface area (Å²) < 4.78 is 0. The van der Waals surface area contributed by atoms with E-state index in [0.717, 1.165) is 27.3 Å². The third-order valence-corrected chi connectivity index (χ3v) is 7.29. The van der Waals surface area contributed by atoms with E-state index in [1.807, 2.05) is 30.3 Å². The molecule has 0 spiro atoms. The maximum absolute atomic E-state index is 13.6. The molecule has 1 aliphatic heterocycles. The molecule has 31 heavy (non-hydrogen) atoms. The molecule has 4 aliphatic rings. The van der Waals surface area contributed by atoms with E-state index in [9.17, 15) is 14.4 Å². The van der Waals surface area contributed by atoms with Gasteiger partial charge in [0.2, 0.25) is 0 Å². The van der Waals surface area contributed by atoms with Crippen molar-refractivity contribution in [1.82, 2.24) is 10.4 Å². The molecule has 0 unspecified atom stereocenters. The van der Waals surface area contributed by atoms with E-state index in [1.165, 1.54) is 0 Å². The predicted molar refractivity (Wildman–Crippen MR) is 114 cm³/mol. The van der Waals surface area contributed by atoms with Crippen LogP contribution in [0.15, 0.2) is 78.9 Å². The number of rotatable bonds is 2. The van der Waals surface area contributed by atoms with Crippen molar-refractivity contribution in [2.45, 2.75) is 18.3 Å². The number of carbonyl (C=O) groups excluding carboxylic acids is 3. The lowest BCUT2D eigenvalue weighted by Crippen LogP contribution is -2.52. The van der Waals surface area contributed by atoms with E-state index in [0.29, 0.717) is 5.56 Å². The number of carbonyl (C=O) groups is 3. The van der Waals surface area contributed by atoms with Gasteiger partial charge in [-0.3, -0.25) is 19.8 Å². The molecule has 1 saturated heterocycles. The van der Waals surface area contributed by atoms with Crippen molar-refractivity contribution in [3.8, 4) is 0 Å². The zero-order valence-corrected chi connectivity index (χ0v) is 16.9. The maximum Gasteiger partial charge on any atom is 0.270 e. The molecule has 3 amide bonds. The lowest BCUT2D eigenvalue weighted by Gasteiger charge is -2.52. The van der Waals surface area contributed by atoms with Crippen molar-refractivity contribution < 1.29 is 14.4 Å². The maximum atomic E-state index is 13.6. The molecule has 3 aromatic rings. The highest BCUT2D eigenvalue weighted by molar-refractivity contribution is 6.10. The van der Waals surface area contributed by atoms with Crippen LogP contribution in [0.5, 0.6) is 0 Å². The van der Waals surface area contributed by atoms with E-state index >= 15 is 0 Å². The third kappa shape index (κ3) is 2.18. The quantitative estimate of drug-likeness (QED) is 0.661. The molecule has 3 aliphatic carbocycles. The topological polar surface area (TPSA) is 66.5 Å². The molecule has 1 N–H and O–H groups in total. The molecular weight excluding hydrogens is 388 g/mol. The van der Waals surface area contributed by atoms with Gasteiger partial charge in [-0.1, -0.05) is 73.7 Å². The van der Waals surface area contributed by atoms with Gasteiger partial charge in [0.15, 0.2) is 0 Å². The molecule has 0 radical (unpaired) electrons. The second kappa shape index (κ2) is 6.14. The summed E-state index contributed by atoms with van der Waals surface area (Å²) in [5, 5.41) is 0.966. The van der Waals surface area contributed by atoms with Crippen molar-refractivity contribution in [2.24, 2.45) is 11.8 Å². The summed E-state index contributed by atoms with van der Waals surface area (Å²) in [6, 6.07) is 24.8. The normalized spacial score (nSPS) is 27.5. The van der Waals surface area contributed by atoms with Gasteiger partial charge < -0.3 is 0 Å². The van der Waals surface area contributed by atoms with E-state index < -0.39 is 23.2 Å². The zero-order chi connectivity index (χ0) is 21.3. The Labute approximate surface area is 179 Å². The number of benzene rings is 3. The molecule has 2 bridgehead atoms. The van der Waals surface area contributed by atoms with E-state index in [-0.39, 0.29) is 17.7 Å². The van der Waals surface area contributed by atoms with Gasteiger partial charge in [-0.2, -0.15) is 5.01 Å². The van der Waals surface area contributed by atoms with E-state index in [2.05, 4.69) is 36.6 Å². The Hall–Kier alpha value is -3.73. The van der Waals surface area contributed by atoms with Gasteiger partial charge in [0.05, 0.1) is 11.8 Å². The number of nitrogens with one attached hydrogen (secondary N) is 1. The first-order valence-corrected chi connectivity index (χ1v) is 10.5. The van der Waals surface area contributed by atoms with Gasteiger partial charge in [-0.15, -0.1) is 0 Å². The lowest BCUT2D eigenvalue weighted by atomic mass is 9.48. The van der Waals surface area contributed by atoms with Crippen LogP contribution in [0, 0.1) is 11.8 Å². The Balaban J connectivity index is 1.48. The molecule has 152 valence electrons. The summed E-state index contributed by atoms with van der Waals surface area (Å²) in [4.78, 5) is 39.9. The predicted octanol–water partition coefficient (Wildman–Crippen LogP) is 3.40. The van der Waals surface area contributed by atoms with Gasteiger partial charge in [0, 0.05) is 16.9 Å². The van der Waals surface area contributed by atoms with Crippen LogP contribution < -0.4 is 5.43 Å². The molecule has 0 saturated carbocycles. The molecule has 1 heterocycles. The molecular formula is C26H20N2O3. The van der Waals surface area contributed by atoms with Crippen molar-refractivity contribution >= 4 is 17.7 Å². The van der Waals surface area contributed by atoms with Crippen LogP contribution in [0.25, 0.3) is 0 Å². The van der Waals surface area contributed by atoms with E-state index in [4.69, 9.17) is 0 Å². The minimum atomic E-state index is -0.633. The number of imide groups is 1. The number of hydrogen-bond acceptors (Lipinski definition) is 3. The van der Waals surface area contributed by atoms with Gasteiger partial charge in [0.25, 0.3) is 17.7 Å². The van der Waals surface area contributed by atoms with Crippen LogP contribution in [0.1, 0.15) is 45.5 Å². The van der Waals surface area contributed by atoms with Crippen LogP contribution >= 0.6 is 0 Å². The van der Waals surface area contributed by atoms with Crippen molar-refractivity contribution in [3.63, 3.8) is 0 Å². The summed E-state index contributed by atoms with van der Waals surface area (Å²) in [5.41, 5.74) is 6.74. The SMILES string of the molecule is CC12c3ccccc3C(c3ccccc31)[C@@H]1C(=O)N(NC(=O)c3ccccc3)C(=O)[C@H]12. The molecule has 1 fully saturated rings. The molecule has 5 nitrogen and oxygen atoms in total. The standard InChI is InChI=1S/C26H20N2O3/c1-26-18-13-7-5-11-16(18)20(17-12-6-8-14-19(17)26)21-22(26)25(31)28(24(21)30)27-23(29)15-9-3-2-4-10-15/h2-14,20-22H,1H3,(H,27,29)/t20?,21-,22-,26?/m0/s1. The molecule has 2 atom stereocenters. The number of hydrogen-bond donors (Lipinski definition) is 1. The average Bonchev–Trinajstić information content (AvgIpc) is 3.06. The highest BCUT2D eigenvalue weighted by Crippen LogP contribution is 2.63. The number of nitrogens with zero attached hydrogens (tertiary/aromatic N) is 1. The first-order valence-electron chi connectivity index (χ1n) is 10.5. The lowest BCUT2D eigenvalue weighted by molar-refractivity contribution is -0.143. The Morgan fingerprint density at radius 2 is 1.35 bits per heavy atom. The summed E-state index contributed by atoms with van der Waals surface area (Å²) in [6.07, 6.45) is 0. The first-order chi connectivity index (χ1) is 15.0. The monoisotopic (exact) mass is 408 g/mol. The largest absolute Gasteiger partial charge is 0.272 e. The second-order valence-electron chi connectivity index (χ2n) is 8.68.